The predicted octanol–water partition coefficient (Wildman–Crippen LogP) is 29.7. The van der Waals surface area contributed by atoms with Crippen molar-refractivity contribution in [2.24, 2.45) is 5.92 Å². The quantitative estimate of drug-likeness (QED) is 0.0171. The SMILES string of the molecule is CCC(C)CS/C=C/c1cc(O)cc(OC)c1.COc1cc(O)cc(/C=C/Oc2ccc(C)cc2)c1.COc1cc(O)cc(/C=C/Oc2ccc3ccccc3c2)c1.COc1cc(O)cc(/C=C/Oc2cccc(C)c2)c1.COc1cc(O)cc(/C=C/SC2CCCCC2)c1.COc1cc(O)cc(/C=C/Sc2ccc3ccccc3c2)c1.COc1cc(O)cc(/C=C/c2ccsc2)c1. The third-order valence-electron chi connectivity index (χ3n) is 19.9. The minimum absolute atomic E-state index is 0.157. The summed E-state index contributed by atoms with van der Waals surface area (Å²) in [5.41, 5.74) is 9.68. The van der Waals surface area contributed by atoms with Crippen LogP contribution in [0.15, 0.2) is 318 Å². The summed E-state index contributed by atoms with van der Waals surface area (Å²) >= 11 is 7.01. The fourth-order valence-corrected chi connectivity index (χ4v) is 16.1. The zero-order valence-electron chi connectivity index (χ0n) is 76.6. The lowest BCUT2D eigenvalue weighted by atomic mass is 10.0. The first-order chi connectivity index (χ1) is 64.5. The van der Waals surface area contributed by atoms with Gasteiger partial charge < -0.3 is 83.1 Å². The van der Waals surface area contributed by atoms with Gasteiger partial charge in [0.25, 0.3) is 0 Å². The van der Waals surface area contributed by atoms with Crippen LogP contribution in [0.3, 0.4) is 0 Å². The van der Waals surface area contributed by atoms with Crippen molar-refractivity contribution in [3.63, 3.8) is 0 Å². The molecule has 17 nitrogen and oxygen atoms in total. The Morgan fingerprint density at radius 3 is 1.11 bits per heavy atom. The Balaban J connectivity index is 0.000000175. The average molecular weight is 1860 g/mol. The fraction of sp³-hybridized carbons (Fsp3) is 0.179. The monoisotopic (exact) mass is 1860 g/mol. The van der Waals surface area contributed by atoms with Gasteiger partial charge in [-0.3, -0.25) is 0 Å². The molecule has 1 aliphatic rings. The van der Waals surface area contributed by atoms with Crippen LogP contribution in [0.5, 0.6) is 97.7 Å². The number of rotatable bonds is 29. The van der Waals surface area contributed by atoms with E-state index in [1.54, 1.807) is 207 Å². The van der Waals surface area contributed by atoms with Crippen LogP contribution in [0.1, 0.15) is 108 Å². The Labute approximate surface area is 798 Å². The number of hydrogen-bond acceptors (Lipinski definition) is 21. The van der Waals surface area contributed by atoms with Gasteiger partial charge in [-0.15, -0.1) is 23.5 Å². The van der Waals surface area contributed by atoms with Crippen molar-refractivity contribution in [3.05, 3.63) is 368 Å². The summed E-state index contributed by atoms with van der Waals surface area (Å²) < 4.78 is 52.3. The first kappa shape index (κ1) is 103. The molecule has 7 N–H and O–H groups in total. The van der Waals surface area contributed by atoms with Crippen LogP contribution < -0.4 is 47.4 Å². The third-order valence-corrected chi connectivity index (χ3v) is 23.6. The number of thiophene rings is 1. The molecule has 13 aromatic carbocycles. The van der Waals surface area contributed by atoms with Crippen molar-refractivity contribution >= 4 is 117 Å². The van der Waals surface area contributed by atoms with Gasteiger partial charge in [-0.05, 0) is 313 Å². The van der Waals surface area contributed by atoms with E-state index in [4.69, 9.17) is 47.4 Å². The topological polar surface area (TPSA) is 234 Å². The molecule has 1 fully saturated rings. The first-order valence-electron chi connectivity index (χ1n) is 42.9. The number of aromatic hydroxyl groups is 7. The third kappa shape index (κ3) is 38.5. The van der Waals surface area contributed by atoms with Gasteiger partial charge in [0.15, 0.2) is 0 Å². The van der Waals surface area contributed by atoms with Crippen molar-refractivity contribution < 1.29 is 83.1 Å². The summed E-state index contributed by atoms with van der Waals surface area (Å²) in [6, 6.07) is 82.3. The van der Waals surface area contributed by atoms with Crippen LogP contribution in [-0.4, -0.2) is 96.5 Å². The minimum Gasteiger partial charge on any atom is -0.508 e. The highest BCUT2D eigenvalue weighted by atomic mass is 32.2. The van der Waals surface area contributed by atoms with Crippen LogP contribution in [-0.2, 0) is 0 Å². The zero-order valence-corrected chi connectivity index (χ0v) is 79.9. The summed E-state index contributed by atoms with van der Waals surface area (Å²) in [5, 5.41) is 82.7. The summed E-state index contributed by atoms with van der Waals surface area (Å²) in [4.78, 5) is 1.18. The van der Waals surface area contributed by atoms with Crippen molar-refractivity contribution in [2.45, 2.75) is 76.4 Å². The number of aryl methyl sites for hydroxylation is 2. The molecule has 14 aromatic rings. The molecule has 21 heteroatoms. The second-order valence-electron chi connectivity index (χ2n) is 30.3. The van der Waals surface area contributed by atoms with E-state index in [0.717, 1.165) is 89.6 Å². The van der Waals surface area contributed by atoms with Crippen LogP contribution in [0.4, 0.5) is 0 Å². The Hall–Kier alpha value is -14.1. The molecule has 0 aliphatic heterocycles. The van der Waals surface area contributed by atoms with Crippen LogP contribution in [0.25, 0.3) is 70.2 Å². The number of thioether (sulfide) groups is 3. The molecular weight excluding hydrogens is 1750 g/mol. The normalized spacial score (nSPS) is 12.0. The maximum atomic E-state index is 9.64. The molecule has 0 amide bonds. The molecule has 1 atom stereocenters. The molecular formula is C112H116O17S4. The molecule has 0 saturated heterocycles. The number of fused-ring (bicyclic) bond motifs is 2. The van der Waals surface area contributed by atoms with Crippen LogP contribution in [0, 0.1) is 19.8 Å². The average Bonchev–Trinajstić information content (AvgIpc) is 1.00. The van der Waals surface area contributed by atoms with Crippen molar-refractivity contribution in [3.8, 4) is 97.7 Å². The predicted molar refractivity (Wildman–Crippen MR) is 554 cm³/mol. The molecule has 1 heterocycles. The van der Waals surface area contributed by atoms with E-state index >= 15 is 0 Å². The second-order valence-corrected chi connectivity index (χ2v) is 34.2. The van der Waals surface area contributed by atoms with E-state index in [0.29, 0.717) is 40.2 Å². The highest BCUT2D eigenvalue weighted by Gasteiger charge is 2.13. The highest BCUT2D eigenvalue weighted by molar-refractivity contribution is 8.03. The lowest BCUT2D eigenvalue weighted by molar-refractivity contribution is 0.407. The number of phenolic OH excluding ortho intramolecular Hbond substituents is 7. The molecule has 1 aliphatic carbocycles. The largest absolute Gasteiger partial charge is 0.508 e. The van der Waals surface area contributed by atoms with Gasteiger partial charge in [0.1, 0.15) is 97.7 Å². The van der Waals surface area contributed by atoms with E-state index in [2.05, 4.69) is 66.4 Å². The molecule has 1 unspecified atom stereocenters. The Morgan fingerprint density at radius 2 is 0.692 bits per heavy atom. The van der Waals surface area contributed by atoms with Gasteiger partial charge in [-0.1, -0.05) is 154 Å². The number of benzene rings is 13. The van der Waals surface area contributed by atoms with Gasteiger partial charge in [-0.2, -0.15) is 11.3 Å². The van der Waals surface area contributed by atoms with E-state index in [1.165, 1.54) is 65.1 Å². The fourth-order valence-electron chi connectivity index (χ4n) is 12.7. The summed E-state index contributed by atoms with van der Waals surface area (Å²) in [5.74, 6) is 10.1. The molecule has 0 bridgehead atoms. The van der Waals surface area contributed by atoms with Gasteiger partial charge in [0.2, 0.25) is 0 Å². The molecule has 0 spiro atoms. The molecule has 15 rings (SSSR count). The van der Waals surface area contributed by atoms with Crippen LogP contribution >= 0.6 is 46.6 Å². The Bertz CT molecular complexity index is 5990. The van der Waals surface area contributed by atoms with Crippen molar-refractivity contribution in [1.82, 2.24) is 0 Å². The molecule has 1 saturated carbocycles. The lowest BCUT2D eigenvalue weighted by Crippen LogP contribution is -2.06. The van der Waals surface area contributed by atoms with E-state index in [-0.39, 0.29) is 40.2 Å². The smallest absolute Gasteiger partial charge is 0.127 e. The Kier molecular flexibility index (Phi) is 43.6. The number of methoxy groups -OCH3 is 7. The number of phenols is 7. The highest BCUT2D eigenvalue weighted by Crippen LogP contribution is 2.35. The van der Waals surface area contributed by atoms with E-state index < -0.39 is 0 Å². The van der Waals surface area contributed by atoms with Crippen molar-refractivity contribution in [2.75, 3.05) is 55.5 Å². The summed E-state index contributed by atoms with van der Waals surface area (Å²) in [7, 11) is 11.1. The first-order valence-corrected chi connectivity index (χ1v) is 46.8. The standard InChI is InChI=1S/C19H16O3.C19H16O2S.2C16H16O3.C15H20O2S.C14H20O2S.C13H12O2S/c1-21-19-11-14(10-17(20)13-19)8-9-22-18-7-6-15-4-2-3-5-16(15)12-18;1-21-18-11-14(10-17(20)13-18)8-9-22-19-7-6-15-4-2-3-5-16(15)12-19;1-12-3-5-15(6-4-12)19-8-7-13-9-14(17)11-16(10-13)18-2;1-12-4-3-5-15(8-12)19-7-6-13-9-14(17)11-16(10-13)18-2;1-17-14-10-12(9-13(16)11-14)7-8-18-15-5-3-2-4-6-15;1-4-11(2)10-17-6-5-12-7-13(15)9-14(8-12)16-3;1-15-13-7-11(6-12(14)8-13)3-2-10-4-5-16-9-10/h2*2-13,20H,1H3;2*3-11,17H,1-2H3;7-11,15-16H,2-6H2,1H3;5-9,11,15H,4,10H2,1-3H3;2-9,14H,1H3/b2*9-8+;8-7+;7-6+;8-7+;6-5+;3-2+. The molecule has 690 valence electrons. The maximum Gasteiger partial charge on any atom is 0.127 e. The minimum atomic E-state index is 0.157. The van der Waals surface area contributed by atoms with Gasteiger partial charge in [0, 0.05) is 52.6 Å². The van der Waals surface area contributed by atoms with Crippen LogP contribution in [0.2, 0.25) is 0 Å². The Morgan fingerprint density at radius 1 is 0.323 bits per heavy atom. The van der Waals surface area contributed by atoms with E-state index in [9.17, 15) is 35.7 Å². The second kappa shape index (κ2) is 56.5. The lowest BCUT2D eigenvalue weighted by Gasteiger charge is -2.19. The molecule has 133 heavy (non-hydrogen) atoms. The number of ether oxygens (including phenoxy) is 10. The van der Waals surface area contributed by atoms with E-state index in [1.807, 2.05) is 212 Å². The van der Waals surface area contributed by atoms with Gasteiger partial charge in [-0.25, -0.2) is 0 Å². The van der Waals surface area contributed by atoms with Crippen molar-refractivity contribution in [1.29, 1.82) is 0 Å². The summed E-state index contributed by atoms with van der Waals surface area (Å²) in [6.45, 7) is 8.49. The maximum absolute atomic E-state index is 9.64. The zero-order chi connectivity index (χ0) is 94.9. The summed E-state index contributed by atoms with van der Waals surface area (Å²) in [6.07, 6.45) is 28.0. The van der Waals surface area contributed by atoms with Gasteiger partial charge in [0.05, 0.1) is 68.6 Å². The molecule has 0 radical (unpaired) electrons. The number of hydrogen-bond donors (Lipinski definition) is 7. The van der Waals surface area contributed by atoms with Gasteiger partial charge >= 0.3 is 0 Å². The molecule has 1 aromatic heterocycles.